The Bertz CT molecular complexity index is 451. The van der Waals surface area contributed by atoms with Crippen LogP contribution in [0.4, 0.5) is 0 Å². The largest absolute Gasteiger partial charge is 0.497 e. The van der Waals surface area contributed by atoms with Crippen LogP contribution in [0.5, 0.6) is 11.5 Å². The minimum atomic E-state index is -0.549. The summed E-state index contributed by atoms with van der Waals surface area (Å²) in [5.41, 5.74) is 0.335. The molecule has 24 heavy (non-hydrogen) atoms. The number of carbonyl (C=O) groups is 1. The van der Waals surface area contributed by atoms with Gasteiger partial charge in [0.2, 0.25) is 0 Å². The van der Waals surface area contributed by atoms with E-state index in [1.807, 2.05) is 0 Å². The van der Waals surface area contributed by atoms with Crippen molar-refractivity contribution in [2.75, 3.05) is 20.8 Å². The lowest BCUT2D eigenvalue weighted by Gasteiger charge is -2.08. The van der Waals surface area contributed by atoms with Crippen molar-refractivity contribution in [1.82, 2.24) is 0 Å². The molecule has 5 heteroatoms. The van der Waals surface area contributed by atoms with Crippen molar-refractivity contribution in [2.45, 2.75) is 58.3 Å². The van der Waals surface area contributed by atoms with Gasteiger partial charge in [0.15, 0.2) is 0 Å². The number of carbonyl (C=O) groups excluding carboxylic acids is 1. The molecule has 1 rings (SSSR count). The van der Waals surface area contributed by atoms with E-state index in [0.29, 0.717) is 23.7 Å². The van der Waals surface area contributed by atoms with Crippen molar-refractivity contribution in [3.8, 4) is 11.5 Å². The average molecular weight is 338 g/mol. The molecule has 0 spiro atoms. The van der Waals surface area contributed by atoms with Crippen LogP contribution in [0.2, 0.25) is 0 Å². The molecule has 0 atom stereocenters. The monoisotopic (exact) mass is 338 g/mol. The predicted octanol–water partition coefficient (Wildman–Crippen LogP) is 4.93. The molecule has 0 N–H and O–H groups in total. The van der Waals surface area contributed by atoms with E-state index in [1.165, 1.54) is 52.7 Å². The van der Waals surface area contributed by atoms with E-state index >= 15 is 0 Å². The third kappa shape index (κ3) is 8.20. The summed E-state index contributed by atoms with van der Waals surface area (Å²) in [7, 11) is 3.06. The molecule has 0 bridgehead atoms. The fourth-order valence-electron chi connectivity index (χ4n) is 2.36. The molecule has 0 aliphatic carbocycles. The molecule has 0 saturated carbocycles. The fourth-order valence-corrected chi connectivity index (χ4v) is 2.36. The molecule has 136 valence electrons. The van der Waals surface area contributed by atoms with Gasteiger partial charge >= 0.3 is 5.97 Å². The SMILES string of the molecule is CCCCCCCCCCOOC(=O)c1cc(OC)cc(OC)c1. The first-order chi connectivity index (χ1) is 11.7. The van der Waals surface area contributed by atoms with Gasteiger partial charge in [0.05, 0.1) is 26.4 Å². The molecular formula is C19H30O5. The molecule has 0 aliphatic rings. The second kappa shape index (κ2) is 12.6. The standard InChI is InChI=1S/C19H30O5/c1-4-5-6-7-8-9-10-11-12-23-24-19(20)16-13-17(21-2)15-18(14-16)22-3/h13-15H,4-12H2,1-3H3. The molecular weight excluding hydrogens is 308 g/mol. The van der Waals surface area contributed by atoms with E-state index in [-0.39, 0.29) is 0 Å². The topological polar surface area (TPSA) is 54.0 Å². The van der Waals surface area contributed by atoms with E-state index in [2.05, 4.69) is 6.92 Å². The molecule has 0 saturated heterocycles. The van der Waals surface area contributed by atoms with Crippen LogP contribution >= 0.6 is 0 Å². The van der Waals surface area contributed by atoms with Gasteiger partial charge in [-0.05, 0) is 18.6 Å². The second-order valence-electron chi connectivity index (χ2n) is 5.77. The lowest BCUT2D eigenvalue weighted by molar-refractivity contribution is -0.241. The van der Waals surface area contributed by atoms with Crippen molar-refractivity contribution in [3.63, 3.8) is 0 Å². The molecule has 0 radical (unpaired) electrons. The first-order valence-electron chi connectivity index (χ1n) is 8.78. The molecule has 0 amide bonds. The summed E-state index contributed by atoms with van der Waals surface area (Å²) >= 11 is 0. The number of benzene rings is 1. The Morgan fingerprint density at radius 1 is 0.833 bits per heavy atom. The third-order valence-electron chi connectivity index (χ3n) is 3.80. The molecule has 1 aromatic carbocycles. The van der Waals surface area contributed by atoms with Crippen molar-refractivity contribution < 1.29 is 24.0 Å². The maximum Gasteiger partial charge on any atom is 0.373 e. The van der Waals surface area contributed by atoms with E-state index in [0.717, 1.165) is 12.8 Å². The number of methoxy groups -OCH3 is 2. The Kier molecular flexibility index (Phi) is 10.7. The zero-order chi connectivity index (χ0) is 17.6. The first-order valence-corrected chi connectivity index (χ1v) is 8.78. The van der Waals surface area contributed by atoms with Crippen LogP contribution in [0, 0.1) is 0 Å². The summed E-state index contributed by atoms with van der Waals surface area (Å²) in [5.74, 6) is 0.514. The Balaban J connectivity index is 2.18. The highest BCUT2D eigenvalue weighted by atomic mass is 17.2. The van der Waals surface area contributed by atoms with Gasteiger partial charge in [-0.2, -0.15) is 4.89 Å². The number of rotatable bonds is 13. The Morgan fingerprint density at radius 3 is 1.92 bits per heavy atom. The molecule has 0 aliphatic heterocycles. The van der Waals surface area contributed by atoms with Crippen LogP contribution in [0.3, 0.4) is 0 Å². The van der Waals surface area contributed by atoms with Crippen LogP contribution < -0.4 is 9.47 Å². The number of ether oxygens (including phenoxy) is 2. The minimum absolute atomic E-state index is 0.335. The van der Waals surface area contributed by atoms with Crippen molar-refractivity contribution in [3.05, 3.63) is 23.8 Å². The van der Waals surface area contributed by atoms with Crippen LogP contribution in [0.15, 0.2) is 18.2 Å². The zero-order valence-corrected chi connectivity index (χ0v) is 15.1. The van der Waals surface area contributed by atoms with E-state index in [1.54, 1.807) is 18.2 Å². The quantitative estimate of drug-likeness (QED) is 0.290. The maximum absolute atomic E-state index is 12.0. The van der Waals surface area contributed by atoms with Gasteiger partial charge < -0.3 is 9.47 Å². The van der Waals surface area contributed by atoms with Gasteiger partial charge in [-0.3, -0.25) is 4.89 Å². The van der Waals surface area contributed by atoms with Crippen molar-refractivity contribution in [1.29, 1.82) is 0 Å². The number of hydrogen-bond acceptors (Lipinski definition) is 5. The van der Waals surface area contributed by atoms with Gasteiger partial charge in [0.1, 0.15) is 11.5 Å². The highest BCUT2D eigenvalue weighted by molar-refractivity contribution is 5.90. The van der Waals surface area contributed by atoms with Crippen LogP contribution in [0.1, 0.15) is 68.6 Å². The van der Waals surface area contributed by atoms with Gasteiger partial charge in [0.25, 0.3) is 0 Å². The van der Waals surface area contributed by atoms with Gasteiger partial charge in [-0.1, -0.05) is 51.9 Å². The summed E-state index contributed by atoms with van der Waals surface area (Å²) in [6.45, 7) is 2.64. The summed E-state index contributed by atoms with van der Waals surface area (Å²) < 4.78 is 10.2. The average Bonchev–Trinajstić information content (AvgIpc) is 2.62. The van der Waals surface area contributed by atoms with Crippen LogP contribution in [-0.2, 0) is 9.78 Å². The Labute approximate surface area is 145 Å². The van der Waals surface area contributed by atoms with Crippen LogP contribution in [-0.4, -0.2) is 26.8 Å². The van der Waals surface area contributed by atoms with Gasteiger partial charge in [-0.25, -0.2) is 4.79 Å². The van der Waals surface area contributed by atoms with Gasteiger partial charge in [-0.15, -0.1) is 0 Å². The normalized spacial score (nSPS) is 10.5. The third-order valence-corrected chi connectivity index (χ3v) is 3.80. The number of hydrogen-bond donors (Lipinski definition) is 0. The summed E-state index contributed by atoms with van der Waals surface area (Å²) in [4.78, 5) is 21.8. The highest BCUT2D eigenvalue weighted by Gasteiger charge is 2.12. The molecule has 1 aromatic rings. The smallest absolute Gasteiger partial charge is 0.373 e. The minimum Gasteiger partial charge on any atom is -0.497 e. The van der Waals surface area contributed by atoms with E-state index in [9.17, 15) is 4.79 Å². The van der Waals surface area contributed by atoms with Crippen molar-refractivity contribution >= 4 is 5.97 Å². The zero-order valence-electron chi connectivity index (χ0n) is 15.1. The van der Waals surface area contributed by atoms with Gasteiger partial charge in [0, 0.05) is 6.07 Å². The van der Waals surface area contributed by atoms with E-state index in [4.69, 9.17) is 19.2 Å². The Hall–Kier alpha value is -1.75. The first kappa shape index (κ1) is 20.3. The molecule has 0 heterocycles. The molecule has 0 fully saturated rings. The highest BCUT2D eigenvalue weighted by Crippen LogP contribution is 2.23. The van der Waals surface area contributed by atoms with E-state index < -0.39 is 5.97 Å². The maximum atomic E-state index is 12.0. The molecule has 0 unspecified atom stereocenters. The lowest BCUT2D eigenvalue weighted by atomic mass is 10.1. The lowest BCUT2D eigenvalue weighted by Crippen LogP contribution is -2.07. The summed E-state index contributed by atoms with van der Waals surface area (Å²) in [6.07, 6.45) is 9.69. The molecule has 0 aromatic heterocycles. The summed E-state index contributed by atoms with van der Waals surface area (Å²) in [6, 6.07) is 4.87. The predicted molar refractivity (Wildman–Crippen MR) is 93.5 cm³/mol. The second-order valence-corrected chi connectivity index (χ2v) is 5.77. The fraction of sp³-hybridized carbons (Fsp3) is 0.632. The summed E-state index contributed by atoms with van der Waals surface area (Å²) in [5, 5.41) is 0. The van der Waals surface area contributed by atoms with Crippen molar-refractivity contribution in [2.24, 2.45) is 0 Å². The Morgan fingerprint density at radius 2 is 1.38 bits per heavy atom. The van der Waals surface area contributed by atoms with Crippen LogP contribution in [0.25, 0.3) is 0 Å². The molecule has 5 nitrogen and oxygen atoms in total. The number of unbranched alkanes of at least 4 members (excludes halogenated alkanes) is 7.